The number of aliphatic hydroxyl groups is 1. The van der Waals surface area contributed by atoms with E-state index in [0.717, 1.165) is 29.3 Å². The lowest BCUT2D eigenvalue weighted by atomic mass is 10.1. The Hall–Kier alpha value is -0.870. The van der Waals surface area contributed by atoms with E-state index in [9.17, 15) is 9.90 Å². The predicted octanol–water partition coefficient (Wildman–Crippen LogP) is 2.65. The molecule has 0 spiro atoms. The van der Waals surface area contributed by atoms with E-state index in [0.29, 0.717) is 12.1 Å². The van der Waals surface area contributed by atoms with E-state index in [1.165, 1.54) is 0 Å². The quantitative estimate of drug-likeness (QED) is 0.901. The van der Waals surface area contributed by atoms with E-state index in [4.69, 9.17) is 0 Å². The fourth-order valence-corrected chi connectivity index (χ4v) is 3.05. The minimum Gasteiger partial charge on any atom is -0.393 e. The highest BCUT2D eigenvalue weighted by Gasteiger charge is 2.25. The van der Waals surface area contributed by atoms with Crippen molar-refractivity contribution in [3.05, 3.63) is 33.8 Å². The molecule has 2 unspecified atom stereocenters. The minimum atomic E-state index is -0.258. The molecule has 0 saturated heterocycles. The molecule has 1 aliphatic carbocycles. The van der Waals surface area contributed by atoms with Gasteiger partial charge in [0.25, 0.3) is 5.91 Å². The molecule has 98 valence electrons. The summed E-state index contributed by atoms with van der Waals surface area (Å²) >= 11 is 3.40. The summed E-state index contributed by atoms with van der Waals surface area (Å²) in [5, 5.41) is 12.6. The maximum Gasteiger partial charge on any atom is 0.252 e. The van der Waals surface area contributed by atoms with Gasteiger partial charge < -0.3 is 10.4 Å². The van der Waals surface area contributed by atoms with Crippen molar-refractivity contribution in [3.63, 3.8) is 0 Å². The molecular weight excluding hydrogens is 294 g/mol. The van der Waals surface area contributed by atoms with Gasteiger partial charge in [-0.3, -0.25) is 4.79 Å². The fraction of sp³-hybridized carbons (Fsp3) is 0.500. The smallest absolute Gasteiger partial charge is 0.252 e. The zero-order valence-corrected chi connectivity index (χ0v) is 12.0. The van der Waals surface area contributed by atoms with Crippen LogP contribution in [-0.4, -0.2) is 23.7 Å². The summed E-state index contributed by atoms with van der Waals surface area (Å²) in [7, 11) is 0. The van der Waals surface area contributed by atoms with Crippen LogP contribution >= 0.6 is 15.9 Å². The number of hydrogen-bond acceptors (Lipinski definition) is 2. The molecule has 1 aromatic rings. The van der Waals surface area contributed by atoms with Crippen LogP contribution in [0.4, 0.5) is 0 Å². The van der Waals surface area contributed by atoms with Gasteiger partial charge in [-0.25, -0.2) is 0 Å². The molecule has 0 radical (unpaired) electrons. The second kappa shape index (κ2) is 5.85. The Morgan fingerprint density at radius 1 is 1.50 bits per heavy atom. The van der Waals surface area contributed by atoms with Crippen LogP contribution in [-0.2, 0) is 0 Å². The SMILES string of the molecule is Cc1ccc(C(=O)NCC2CCCC2O)c(Br)c1. The summed E-state index contributed by atoms with van der Waals surface area (Å²) < 4.78 is 0.812. The molecular formula is C14H18BrNO2. The molecule has 18 heavy (non-hydrogen) atoms. The molecule has 0 bridgehead atoms. The van der Waals surface area contributed by atoms with Crippen LogP contribution < -0.4 is 5.32 Å². The number of hydrogen-bond donors (Lipinski definition) is 2. The summed E-state index contributed by atoms with van der Waals surface area (Å²) in [5.74, 6) is 0.124. The molecule has 2 rings (SSSR count). The first-order chi connectivity index (χ1) is 8.58. The zero-order valence-electron chi connectivity index (χ0n) is 10.4. The van der Waals surface area contributed by atoms with E-state index in [-0.39, 0.29) is 17.9 Å². The molecule has 0 aliphatic heterocycles. The minimum absolute atomic E-state index is 0.0824. The Morgan fingerprint density at radius 2 is 2.28 bits per heavy atom. The van der Waals surface area contributed by atoms with Crippen molar-refractivity contribution >= 4 is 21.8 Å². The Balaban J connectivity index is 1.95. The molecule has 3 nitrogen and oxygen atoms in total. The van der Waals surface area contributed by atoms with Gasteiger partial charge in [0.15, 0.2) is 0 Å². The first kappa shape index (κ1) is 13.6. The van der Waals surface area contributed by atoms with Gasteiger partial charge in [0.1, 0.15) is 0 Å². The van der Waals surface area contributed by atoms with Gasteiger partial charge in [-0.05, 0) is 53.4 Å². The van der Waals surface area contributed by atoms with Crippen molar-refractivity contribution in [1.29, 1.82) is 0 Å². The van der Waals surface area contributed by atoms with Crippen molar-refractivity contribution in [2.24, 2.45) is 5.92 Å². The van der Waals surface area contributed by atoms with Crippen LogP contribution in [0.3, 0.4) is 0 Å². The summed E-state index contributed by atoms with van der Waals surface area (Å²) in [4.78, 5) is 12.0. The van der Waals surface area contributed by atoms with Crippen molar-refractivity contribution in [1.82, 2.24) is 5.32 Å². The van der Waals surface area contributed by atoms with Crippen molar-refractivity contribution < 1.29 is 9.90 Å². The summed E-state index contributed by atoms with van der Waals surface area (Å²) in [5.41, 5.74) is 1.76. The lowest BCUT2D eigenvalue weighted by Gasteiger charge is -2.15. The molecule has 1 fully saturated rings. The average Bonchev–Trinajstić information content (AvgIpc) is 2.72. The van der Waals surface area contributed by atoms with Gasteiger partial charge in [-0.1, -0.05) is 12.5 Å². The molecule has 1 aliphatic rings. The number of carbonyl (C=O) groups is 1. The van der Waals surface area contributed by atoms with Crippen LogP contribution in [0.1, 0.15) is 35.2 Å². The maximum atomic E-state index is 12.0. The highest BCUT2D eigenvalue weighted by atomic mass is 79.9. The Morgan fingerprint density at radius 3 is 2.89 bits per heavy atom. The van der Waals surface area contributed by atoms with E-state index >= 15 is 0 Å². The monoisotopic (exact) mass is 311 g/mol. The summed E-state index contributed by atoms with van der Waals surface area (Å²) in [6, 6.07) is 5.67. The molecule has 4 heteroatoms. The Kier molecular flexibility index (Phi) is 4.40. The van der Waals surface area contributed by atoms with E-state index in [2.05, 4.69) is 21.2 Å². The topological polar surface area (TPSA) is 49.3 Å². The first-order valence-electron chi connectivity index (χ1n) is 6.30. The summed E-state index contributed by atoms with van der Waals surface area (Å²) in [6.45, 7) is 2.54. The Labute approximate surface area is 116 Å². The second-order valence-corrected chi connectivity index (χ2v) is 5.81. The third-order valence-electron chi connectivity index (χ3n) is 3.51. The third kappa shape index (κ3) is 3.12. The van der Waals surface area contributed by atoms with Crippen LogP contribution in [0.25, 0.3) is 0 Å². The van der Waals surface area contributed by atoms with E-state index < -0.39 is 0 Å². The van der Waals surface area contributed by atoms with Gasteiger partial charge in [0.05, 0.1) is 11.7 Å². The van der Waals surface area contributed by atoms with Crippen LogP contribution in [0, 0.1) is 12.8 Å². The number of nitrogens with one attached hydrogen (secondary N) is 1. The van der Waals surface area contributed by atoms with Crippen LogP contribution in [0.2, 0.25) is 0 Å². The molecule has 0 aromatic heterocycles. The lowest BCUT2D eigenvalue weighted by molar-refractivity contribution is 0.0916. The van der Waals surface area contributed by atoms with Gasteiger partial charge in [0, 0.05) is 16.9 Å². The van der Waals surface area contributed by atoms with Gasteiger partial charge in [-0.2, -0.15) is 0 Å². The molecule has 1 amide bonds. The average molecular weight is 312 g/mol. The van der Waals surface area contributed by atoms with Gasteiger partial charge in [-0.15, -0.1) is 0 Å². The molecule has 2 N–H and O–H groups in total. The number of amides is 1. The van der Waals surface area contributed by atoms with E-state index in [1.807, 2.05) is 25.1 Å². The highest BCUT2D eigenvalue weighted by molar-refractivity contribution is 9.10. The van der Waals surface area contributed by atoms with Crippen LogP contribution in [0.5, 0.6) is 0 Å². The number of benzene rings is 1. The van der Waals surface area contributed by atoms with Crippen molar-refractivity contribution in [2.75, 3.05) is 6.54 Å². The molecule has 1 aromatic carbocycles. The molecule has 0 heterocycles. The number of halogens is 1. The molecule has 1 saturated carbocycles. The van der Waals surface area contributed by atoms with Gasteiger partial charge in [0.2, 0.25) is 0 Å². The number of aliphatic hydroxyl groups excluding tert-OH is 1. The number of carbonyl (C=O) groups excluding carboxylic acids is 1. The largest absolute Gasteiger partial charge is 0.393 e. The summed E-state index contributed by atoms with van der Waals surface area (Å²) in [6.07, 6.45) is 2.65. The zero-order chi connectivity index (χ0) is 13.1. The van der Waals surface area contributed by atoms with Crippen molar-refractivity contribution in [3.8, 4) is 0 Å². The van der Waals surface area contributed by atoms with Gasteiger partial charge >= 0.3 is 0 Å². The fourth-order valence-electron chi connectivity index (χ4n) is 2.38. The number of aryl methyl sites for hydroxylation is 1. The highest BCUT2D eigenvalue weighted by Crippen LogP contribution is 2.25. The van der Waals surface area contributed by atoms with E-state index in [1.54, 1.807) is 0 Å². The second-order valence-electron chi connectivity index (χ2n) is 4.95. The predicted molar refractivity (Wildman–Crippen MR) is 74.6 cm³/mol. The standard InChI is InChI=1S/C14H18BrNO2/c1-9-5-6-11(12(15)7-9)14(18)16-8-10-3-2-4-13(10)17/h5-7,10,13,17H,2-4,8H2,1H3,(H,16,18). The normalized spacial score (nSPS) is 23.1. The Bertz CT molecular complexity index is 447. The first-order valence-corrected chi connectivity index (χ1v) is 7.09. The third-order valence-corrected chi connectivity index (χ3v) is 4.17. The number of rotatable bonds is 3. The van der Waals surface area contributed by atoms with Crippen molar-refractivity contribution in [2.45, 2.75) is 32.3 Å². The lowest BCUT2D eigenvalue weighted by Crippen LogP contribution is -2.32. The molecule has 2 atom stereocenters. The maximum absolute atomic E-state index is 12.0. The van der Waals surface area contributed by atoms with Crippen LogP contribution in [0.15, 0.2) is 22.7 Å².